The van der Waals surface area contributed by atoms with Gasteiger partial charge in [-0.25, -0.2) is 9.78 Å². The summed E-state index contributed by atoms with van der Waals surface area (Å²) in [7, 11) is 0. The van der Waals surface area contributed by atoms with E-state index in [4.69, 9.17) is 9.15 Å². The Morgan fingerprint density at radius 1 is 1.50 bits per heavy atom. The molecule has 0 fully saturated rings. The normalized spacial score (nSPS) is 10.6. The van der Waals surface area contributed by atoms with Crippen LogP contribution >= 0.6 is 11.8 Å². The average molecular weight is 237 g/mol. The standard InChI is InChI=1S/C11H11NO3S/c1-2-14-11(13)16-7-10-12-8-5-3-4-6-9(8)15-10/h3-6H,2,7H2,1H3. The molecule has 0 aliphatic carbocycles. The minimum Gasteiger partial charge on any atom is -0.458 e. The lowest BCUT2D eigenvalue weighted by Crippen LogP contribution is -1.96. The molecule has 0 atom stereocenters. The van der Waals surface area contributed by atoms with Crippen molar-refractivity contribution >= 4 is 28.2 Å². The first-order chi connectivity index (χ1) is 7.79. The van der Waals surface area contributed by atoms with Crippen LogP contribution in [0.4, 0.5) is 4.79 Å². The van der Waals surface area contributed by atoms with Gasteiger partial charge in [0.25, 0.3) is 0 Å². The van der Waals surface area contributed by atoms with Crippen molar-refractivity contribution < 1.29 is 13.9 Å². The van der Waals surface area contributed by atoms with Crippen LogP contribution in [0.15, 0.2) is 28.7 Å². The fraction of sp³-hybridized carbons (Fsp3) is 0.273. The lowest BCUT2D eigenvalue weighted by Gasteiger charge is -1.97. The monoisotopic (exact) mass is 237 g/mol. The van der Waals surface area contributed by atoms with Crippen LogP contribution in [0.1, 0.15) is 12.8 Å². The zero-order valence-electron chi connectivity index (χ0n) is 8.80. The predicted octanol–water partition coefficient (Wildman–Crippen LogP) is 3.22. The lowest BCUT2D eigenvalue weighted by atomic mass is 10.3. The summed E-state index contributed by atoms with van der Waals surface area (Å²) in [5.74, 6) is 0.937. The summed E-state index contributed by atoms with van der Waals surface area (Å²) in [5, 5.41) is -0.301. The van der Waals surface area contributed by atoms with Crippen molar-refractivity contribution in [2.45, 2.75) is 12.7 Å². The second-order valence-corrected chi connectivity index (χ2v) is 3.96. The molecule has 0 spiro atoms. The van der Waals surface area contributed by atoms with E-state index in [0.29, 0.717) is 18.3 Å². The topological polar surface area (TPSA) is 52.3 Å². The number of oxazole rings is 1. The Bertz CT molecular complexity index is 462. The maximum absolute atomic E-state index is 11.1. The summed E-state index contributed by atoms with van der Waals surface area (Å²) in [6, 6.07) is 7.50. The highest BCUT2D eigenvalue weighted by molar-refractivity contribution is 8.12. The first kappa shape index (κ1) is 11.0. The molecular formula is C11H11NO3S. The van der Waals surface area contributed by atoms with Crippen molar-refractivity contribution in [3.63, 3.8) is 0 Å². The third kappa shape index (κ3) is 2.55. The Morgan fingerprint density at radius 3 is 3.06 bits per heavy atom. The fourth-order valence-electron chi connectivity index (χ4n) is 1.26. The zero-order valence-corrected chi connectivity index (χ0v) is 9.62. The first-order valence-electron chi connectivity index (χ1n) is 4.93. The van der Waals surface area contributed by atoms with E-state index < -0.39 is 0 Å². The molecule has 1 aromatic carbocycles. The van der Waals surface area contributed by atoms with Crippen LogP contribution in [0.3, 0.4) is 0 Å². The molecule has 0 amide bonds. The quantitative estimate of drug-likeness (QED) is 0.767. The predicted molar refractivity (Wildman–Crippen MR) is 62.3 cm³/mol. The Balaban J connectivity index is 2.02. The SMILES string of the molecule is CCOC(=O)SCc1nc2ccccc2o1. The highest BCUT2D eigenvalue weighted by Gasteiger charge is 2.08. The largest absolute Gasteiger partial charge is 0.458 e. The molecule has 0 unspecified atom stereocenters. The molecule has 1 heterocycles. The second-order valence-electron chi connectivity index (χ2n) is 3.05. The van der Waals surface area contributed by atoms with Crippen LogP contribution < -0.4 is 0 Å². The number of rotatable bonds is 3. The maximum atomic E-state index is 11.1. The van der Waals surface area contributed by atoms with Gasteiger partial charge >= 0.3 is 5.30 Å². The van der Waals surface area contributed by atoms with Gasteiger partial charge in [-0.05, 0) is 30.8 Å². The van der Waals surface area contributed by atoms with E-state index >= 15 is 0 Å². The summed E-state index contributed by atoms with van der Waals surface area (Å²) in [6.07, 6.45) is 0. The van der Waals surface area contributed by atoms with Crippen molar-refractivity contribution in [3.8, 4) is 0 Å². The summed E-state index contributed by atoms with van der Waals surface area (Å²) in [6.45, 7) is 2.16. The van der Waals surface area contributed by atoms with Gasteiger partial charge in [-0.3, -0.25) is 0 Å². The van der Waals surface area contributed by atoms with Crippen molar-refractivity contribution in [2.75, 3.05) is 6.61 Å². The van der Waals surface area contributed by atoms with E-state index in [2.05, 4.69) is 4.98 Å². The average Bonchev–Trinajstić information content (AvgIpc) is 2.69. The zero-order chi connectivity index (χ0) is 11.4. The Labute approximate surface area is 97.0 Å². The molecule has 0 saturated carbocycles. The number of fused-ring (bicyclic) bond motifs is 1. The molecule has 0 bridgehead atoms. The smallest absolute Gasteiger partial charge is 0.367 e. The van der Waals surface area contributed by atoms with Gasteiger partial charge < -0.3 is 9.15 Å². The molecule has 5 heteroatoms. The number of thioether (sulfide) groups is 1. The minimum atomic E-state index is -0.301. The minimum absolute atomic E-state index is 0.301. The summed E-state index contributed by atoms with van der Waals surface area (Å²) >= 11 is 1.05. The second kappa shape index (κ2) is 5.03. The molecule has 0 aliphatic rings. The number of carbonyl (C=O) groups excluding carboxylic acids is 1. The molecule has 2 aromatic rings. The van der Waals surface area contributed by atoms with E-state index in [1.807, 2.05) is 24.3 Å². The number of hydrogen-bond acceptors (Lipinski definition) is 5. The molecule has 2 rings (SSSR count). The number of carbonyl (C=O) groups is 1. The van der Waals surface area contributed by atoms with E-state index in [-0.39, 0.29) is 5.30 Å². The van der Waals surface area contributed by atoms with Crippen molar-refractivity contribution in [1.82, 2.24) is 4.98 Å². The van der Waals surface area contributed by atoms with E-state index in [0.717, 1.165) is 22.9 Å². The van der Waals surface area contributed by atoms with Crippen LogP contribution in [0.5, 0.6) is 0 Å². The van der Waals surface area contributed by atoms with Gasteiger partial charge in [0.15, 0.2) is 5.58 Å². The Kier molecular flexibility index (Phi) is 3.46. The molecule has 1 aromatic heterocycles. The Hall–Kier alpha value is -1.49. The molecule has 0 N–H and O–H groups in total. The molecule has 0 radical (unpaired) electrons. The third-order valence-electron chi connectivity index (χ3n) is 1.91. The Morgan fingerprint density at radius 2 is 2.31 bits per heavy atom. The summed E-state index contributed by atoms with van der Waals surface area (Å²) in [4.78, 5) is 15.4. The van der Waals surface area contributed by atoms with Crippen LogP contribution in [0.25, 0.3) is 11.1 Å². The fourth-order valence-corrected chi connectivity index (χ4v) is 1.83. The van der Waals surface area contributed by atoms with Crippen LogP contribution in [0, 0.1) is 0 Å². The van der Waals surface area contributed by atoms with Crippen molar-refractivity contribution in [1.29, 1.82) is 0 Å². The van der Waals surface area contributed by atoms with Crippen molar-refractivity contribution in [2.24, 2.45) is 0 Å². The number of ether oxygens (including phenoxy) is 1. The highest BCUT2D eigenvalue weighted by Crippen LogP contribution is 2.19. The van der Waals surface area contributed by atoms with Crippen LogP contribution in [0.2, 0.25) is 0 Å². The van der Waals surface area contributed by atoms with Gasteiger partial charge in [0, 0.05) is 0 Å². The van der Waals surface area contributed by atoms with E-state index in [1.165, 1.54) is 0 Å². The molecule has 4 nitrogen and oxygen atoms in total. The molecule has 0 saturated heterocycles. The molecular weight excluding hydrogens is 226 g/mol. The van der Waals surface area contributed by atoms with Gasteiger partial charge in [-0.2, -0.15) is 0 Å². The highest BCUT2D eigenvalue weighted by atomic mass is 32.2. The summed E-state index contributed by atoms with van der Waals surface area (Å²) < 4.78 is 10.2. The molecule has 0 aliphatic heterocycles. The van der Waals surface area contributed by atoms with Gasteiger partial charge in [-0.15, -0.1) is 0 Å². The number of para-hydroxylation sites is 2. The number of benzene rings is 1. The molecule has 16 heavy (non-hydrogen) atoms. The number of aromatic nitrogens is 1. The van der Waals surface area contributed by atoms with Gasteiger partial charge in [0.2, 0.25) is 5.89 Å². The van der Waals surface area contributed by atoms with Gasteiger partial charge in [-0.1, -0.05) is 12.1 Å². The van der Waals surface area contributed by atoms with Crippen LogP contribution in [-0.4, -0.2) is 16.9 Å². The number of hydrogen-bond donors (Lipinski definition) is 0. The summed E-state index contributed by atoms with van der Waals surface area (Å²) in [5.41, 5.74) is 1.55. The van der Waals surface area contributed by atoms with E-state index in [9.17, 15) is 4.79 Å². The lowest BCUT2D eigenvalue weighted by molar-refractivity contribution is 0.181. The molecule has 84 valence electrons. The van der Waals surface area contributed by atoms with Gasteiger partial charge in [0.1, 0.15) is 5.52 Å². The maximum Gasteiger partial charge on any atom is 0.367 e. The van der Waals surface area contributed by atoms with E-state index in [1.54, 1.807) is 6.92 Å². The third-order valence-corrected chi connectivity index (χ3v) is 2.66. The first-order valence-corrected chi connectivity index (χ1v) is 5.92. The number of nitrogens with zero attached hydrogens (tertiary/aromatic N) is 1. The van der Waals surface area contributed by atoms with Crippen LogP contribution in [-0.2, 0) is 10.5 Å². The van der Waals surface area contributed by atoms with Crippen molar-refractivity contribution in [3.05, 3.63) is 30.2 Å². The van der Waals surface area contributed by atoms with Gasteiger partial charge in [0.05, 0.1) is 12.4 Å².